The number of carboxylic acid groups (broad SMARTS) is 1. The lowest BCUT2D eigenvalue weighted by Gasteiger charge is -2.10. The molecule has 17 heavy (non-hydrogen) atoms. The summed E-state index contributed by atoms with van der Waals surface area (Å²) in [5, 5.41) is 8.31. The van der Waals surface area contributed by atoms with E-state index in [0.29, 0.717) is 0 Å². The van der Waals surface area contributed by atoms with Crippen molar-refractivity contribution in [3.8, 4) is 5.75 Å². The molecule has 0 saturated carbocycles. The van der Waals surface area contributed by atoms with Crippen LogP contribution in [0.15, 0.2) is 24.3 Å². The first kappa shape index (κ1) is 13.3. The summed E-state index contributed by atoms with van der Waals surface area (Å²) in [6.45, 7) is 0. The molecule has 0 fully saturated rings. The van der Waals surface area contributed by atoms with Crippen LogP contribution < -0.4 is 4.74 Å². The van der Waals surface area contributed by atoms with E-state index in [2.05, 4.69) is 4.74 Å². The Kier molecular flexibility index (Phi) is 3.93. The molecule has 1 aromatic carbocycles. The van der Waals surface area contributed by atoms with Crippen LogP contribution in [0.2, 0.25) is 0 Å². The molecule has 1 unspecified atom stereocenters. The van der Waals surface area contributed by atoms with Crippen molar-refractivity contribution in [1.29, 1.82) is 0 Å². The number of rotatable bonds is 4. The minimum absolute atomic E-state index is 0.113. The summed E-state index contributed by atoms with van der Waals surface area (Å²) >= 11 is 0. The fourth-order valence-corrected chi connectivity index (χ4v) is 1.16. The van der Waals surface area contributed by atoms with Gasteiger partial charge in [0.1, 0.15) is 5.75 Å². The first-order chi connectivity index (χ1) is 7.78. The molecule has 0 aromatic heterocycles. The van der Waals surface area contributed by atoms with Crippen molar-refractivity contribution in [3.05, 3.63) is 29.8 Å². The van der Waals surface area contributed by atoms with Gasteiger partial charge in [-0.3, -0.25) is 0 Å². The molecule has 0 aliphatic rings. The van der Waals surface area contributed by atoms with E-state index in [9.17, 15) is 22.4 Å². The third-order valence-corrected chi connectivity index (χ3v) is 1.81. The van der Waals surface area contributed by atoms with Crippen molar-refractivity contribution in [2.45, 2.75) is 19.0 Å². The highest BCUT2D eigenvalue weighted by Gasteiger charge is 2.31. The third kappa shape index (κ3) is 4.71. The fourth-order valence-electron chi connectivity index (χ4n) is 1.16. The van der Waals surface area contributed by atoms with Crippen molar-refractivity contribution in [1.82, 2.24) is 0 Å². The summed E-state index contributed by atoms with van der Waals surface area (Å²) in [6.07, 6.45) is -7.50. The van der Waals surface area contributed by atoms with Crippen LogP contribution in [0.1, 0.15) is 5.56 Å². The van der Waals surface area contributed by atoms with Gasteiger partial charge in [-0.15, -0.1) is 13.2 Å². The molecule has 0 aliphatic heterocycles. The molecular formula is C10H8F4O3. The molecule has 0 amide bonds. The second kappa shape index (κ2) is 5.03. The molecule has 1 rings (SSSR count). The number of hydrogen-bond donors (Lipinski definition) is 1. The van der Waals surface area contributed by atoms with Gasteiger partial charge in [-0.05, 0) is 17.7 Å². The first-order valence-electron chi connectivity index (χ1n) is 4.49. The lowest BCUT2D eigenvalue weighted by atomic mass is 10.1. The number of alkyl halides is 4. The number of carbonyl (C=O) groups is 1. The molecule has 1 atom stereocenters. The minimum atomic E-state index is -4.83. The largest absolute Gasteiger partial charge is 0.573 e. The highest BCUT2D eigenvalue weighted by atomic mass is 19.4. The van der Waals surface area contributed by atoms with Crippen LogP contribution in [0, 0.1) is 0 Å². The average Bonchev–Trinajstić information content (AvgIpc) is 2.15. The molecule has 0 heterocycles. The quantitative estimate of drug-likeness (QED) is 0.837. The van der Waals surface area contributed by atoms with Crippen LogP contribution in [0.3, 0.4) is 0 Å². The third-order valence-electron chi connectivity index (χ3n) is 1.81. The number of halogens is 4. The molecule has 0 aliphatic carbocycles. The number of hydrogen-bond acceptors (Lipinski definition) is 2. The standard InChI is InChI=1S/C10H8F4O3/c11-8(9(15)16)5-6-2-1-3-7(4-6)17-10(12,13)14/h1-4,8H,5H2,(H,15,16). The van der Waals surface area contributed by atoms with Gasteiger partial charge in [0, 0.05) is 6.42 Å². The molecule has 1 aromatic rings. The van der Waals surface area contributed by atoms with Gasteiger partial charge in [-0.25, -0.2) is 9.18 Å². The average molecular weight is 252 g/mol. The highest BCUT2D eigenvalue weighted by Crippen LogP contribution is 2.23. The fraction of sp³-hybridized carbons (Fsp3) is 0.300. The van der Waals surface area contributed by atoms with Gasteiger partial charge in [0.25, 0.3) is 0 Å². The maximum absolute atomic E-state index is 12.8. The summed E-state index contributed by atoms with van der Waals surface area (Å²) < 4.78 is 52.1. The summed E-state index contributed by atoms with van der Waals surface area (Å²) in [4.78, 5) is 10.2. The van der Waals surface area contributed by atoms with Crippen LogP contribution in [-0.2, 0) is 11.2 Å². The van der Waals surface area contributed by atoms with Crippen molar-refractivity contribution in [2.24, 2.45) is 0 Å². The molecule has 1 N–H and O–H groups in total. The zero-order chi connectivity index (χ0) is 13.1. The Labute approximate surface area is 93.6 Å². The van der Waals surface area contributed by atoms with Crippen LogP contribution in [0.5, 0.6) is 5.75 Å². The van der Waals surface area contributed by atoms with Gasteiger partial charge in [0.2, 0.25) is 6.17 Å². The van der Waals surface area contributed by atoms with Gasteiger partial charge >= 0.3 is 12.3 Å². The Morgan fingerprint density at radius 3 is 2.59 bits per heavy atom. The topological polar surface area (TPSA) is 46.5 Å². The van der Waals surface area contributed by atoms with Crippen LogP contribution in [0.4, 0.5) is 17.6 Å². The number of aliphatic carboxylic acids is 1. The maximum atomic E-state index is 12.8. The van der Waals surface area contributed by atoms with E-state index in [1.807, 2.05) is 0 Å². The Hall–Kier alpha value is -1.79. The monoisotopic (exact) mass is 252 g/mol. The van der Waals surface area contributed by atoms with Gasteiger partial charge in [-0.1, -0.05) is 12.1 Å². The molecule has 0 saturated heterocycles. The van der Waals surface area contributed by atoms with E-state index in [-0.39, 0.29) is 5.56 Å². The number of carboxylic acids is 1. The lowest BCUT2D eigenvalue weighted by Crippen LogP contribution is -2.18. The summed E-state index contributed by atoms with van der Waals surface area (Å²) in [5.74, 6) is -2.17. The van der Waals surface area contributed by atoms with Gasteiger partial charge in [0.15, 0.2) is 0 Å². The van der Waals surface area contributed by atoms with Crippen molar-refractivity contribution >= 4 is 5.97 Å². The first-order valence-corrected chi connectivity index (χ1v) is 4.49. The Balaban J connectivity index is 2.76. The van der Waals surface area contributed by atoms with Crippen LogP contribution in [0.25, 0.3) is 0 Å². The zero-order valence-electron chi connectivity index (χ0n) is 8.37. The summed E-state index contributed by atoms with van der Waals surface area (Å²) in [5.41, 5.74) is 0.113. The summed E-state index contributed by atoms with van der Waals surface area (Å²) in [6, 6.07) is 4.54. The van der Waals surface area contributed by atoms with Crippen molar-refractivity contribution < 1.29 is 32.2 Å². The number of benzene rings is 1. The predicted molar refractivity (Wildman–Crippen MR) is 49.4 cm³/mol. The van der Waals surface area contributed by atoms with E-state index in [0.717, 1.165) is 12.1 Å². The molecule has 0 spiro atoms. The summed E-state index contributed by atoms with van der Waals surface area (Å²) in [7, 11) is 0. The second-order valence-corrected chi connectivity index (χ2v) is 3.21. The van der Waals surface area contributed by atoms with Crippen LogP contribution in [-0.4, -0.2) is 23.6 Å². The van der Waals surface area contributed by atoms with E-state index >= 15 is 0 Å². The second-order valence-electron chi connectivity index (χ2n) is 3.21. The van der Waals surface area contributed by atoms with Gasteiger partial charge in [-0.2, -0.15) is 0 Å². The van der Waals surface area contributed by atoms with E-state index in [4.69, 9.17) is 5.11 Å². The van der Waals surface area contributed by atoms with E-state index in [1.165, 1.54) is 12.1 Å². The Bertz CT molecular complexity index is 403. The molecule has 0 bridgehead atoms. The zero-order valence-corrected chi connectivity index (χ0v) is 8.37. The van der Waals surface area contributed by atoms with Gasteiger partial charge in [0.05, 0.1) is 0 Å². The Morgan fingerprint density at radius 2 is 2.06 bits per heavy atom. The van der Waals surface area contributed by atoms with Crippen molar-refractivity contribution in [2.75, 3.05) is 0 Å². The number of ether oxygens (including phenoxy) is 1. The lowest BCUT2D eigenvalue weighted by molar-refractivity contribution is -0.274. The molecule has 94 valence electrons. The molecule has 7 heteroatoms. The Morgan fingerprint density at radius 1 is 1.41 bits per heavy atom. The van der Waals surface area contributed by atoms with E-state index in [1.54, 1.807) is 0 Å². The normalized spacial score (nSPS) is 13.2. The predicted octanol–water partition coefficient (Wildman–Crippen LogP) is 2.55. The smallest absolute Gasteiger partial charge is 0.479 e. The maximum Gasteiger partial charge on any atom is 0.573 e. The molecular weight excluding hydrogens is 244 g/mol. The van der Waals surface area contributed by atoms with Gasteiger partial charge < -0.3 is 9.84 Å². The van der Waals surface area contributed by atoms with E-state index < -0.39 is 30.7 Å². The SMILES string of the molecule is O=C(O)C(F)Cc1cccc(OC(F)(F)F)c1. The molecule has 0 radical (unpaired) electrons. The van der Waals surface area contributed by atoms with Crippen LogP contribution >= 0.6 is 0 Å². The highest BCUT2D eigenvalue weighted by molar-refractivity contribution is 5.72. The minimum Gasteiger partial charge on any atom is -0.479 e. The van der Waals surface area contributed by atoms with Crippen molar-refractivity contribution in [3.63, 3.8) is 0 Å². The molecule has 3 nitrogen and oxygen atoms in total.